The molecule has 0 atom stereocenters. The molecule has 4 aromatic rings. The number of fused-ring (bicyclic) bond motifs is 1. The van der Waals surface area contributed by atoms with Crippen LogP contribution in [-0.4, -0.2) is 37.1 Å². The first-order valence-electron chi connectivity index (χ1n) is 10.4. The molecule has 0 fully saturated rings. The maximum atomic E-state index is 12.6. The van der Waals surface area contributed by atoms with Crippen molar-refractivity contribution in [3.05, 3.63) is 66.2 Å². The minimum absolute atomic E-state index is 0.0926. The summed E-state index contributed by atoms with van der Waals surface area (Å²) in [5.41, 5.74) is 1.58. The van der Waals surface area contributed by atoms with Crippen LogP contribution in [0.25, 0.3) is 10.9 Å². The second kappa shape index (κ2) is 10.6. The summed E-state index contributed by atoms with van der Waals surface area (Å²) in [5.74, 6) is 2.00. The first-order valence-corrected chi connectivity index (χ1v) is 10.4. The molecule has 9 nitrogen and oxygen atoms in total. The summed E-state index contributed by atoms with van der Waals surface area (Å²) in [7, 11) is 3.15. The maximum Gasteiger partial charge on any atom is 0.387 e. The second-order valence-electron chi connectivity index (χ2n) is 7.24. The highest BCUT2D eigenvalue weighted by molar-refractivity contribution is 6.05. The highest BCUT2D eigenvalue weighted by Crippen LogP contribution is 2.28. The molecule has 3 aromatic carbocycles. The summed E-state index contributed by atoms with van der Waals surface area (Å²) in [6, 6.07) is 15.9. The van der Waals surface area contributed by atoms with Crippen LogP contribution in [0.15, 0.2) is 60.7 Å². The standard InChI is InChI=1S/C24H22F2N4O5/c1-32-16-9-14(10-17(11-16)33-2)13-34-15-7-8-18-20(12-15)29-30-22(18)28-24(31)27-19-5-3-4-6-21(19)35-23(25)26/h3-12,23H,13H2,1-2H3,(H3,27,28,29,30,31). The second-order valence-corrected chi connectivity index (χ2v) is 7.24. The fraction of sp³-hybridized carbons (Fsp3) is 0.167. The number of rotatable bonds is 9. The van der Waals surface area contributed by atoms with Gasteiger partial charge in [0.1, 0.15) is 29.6 Å². The summed E-state index contributed by atoms with van der Waals surface area (Å²) in [6.45, 7) is -2.74. The summed E-state index contributed by atoms with van der Waals surface area (Å²) in [4.78, 5) is 12.4. The number of halogens is 2. The van der Waals surface area contributed by atoms with Gasteiger partial charge in [-0.2, -0.15) is 13.9 Å². The highest BCUT2D eigenvalue weighted by Gasteiger charge is 2.14. The first-order chi connectivity index (χ1) is 16.9. The fourth-order valence-corrected chi connectivity index (χ4v) is 3.33. The average Bonchev–Trinajstić information content (AvgIpc) is 3.25. The van der Waals surface area contributed by atoms with Crippen LogP contribution in [0.2, 0.25) is 0 Å². The number of methoxy groups -OCH3 is 2. The molecule has 0 unspecified atom stereocenters. The van der Waals surface area contributed by atoms with Gasteiger partial charge in [0, 0.05) is 17.5 Å². The Balaban J connectivity index is 1.42. The topological polar surface area (TPSA) is 107 Å². The van der Waals surface area contributed by atoms with Crippen LogP contribution < -0.4 is 29.6 Å². The van der Waals surface area contributed by atoms with E-state index in [1.54, 1.807) is 44.6 Å². The number of ether oxygens (including phenoxy) is 4. The zero-order chi connectivity index (χ0) is 24.8. The van der Waals surface area contributed by atoms with E-state index in [-0.39, 0.29) is 23.9 Å². The van der Waals surface area contributed by atoms with Gasteiger partial charge < -0.3 is 24.3 Å². The third-order valence-corrected chi connectivity index (χ3v) is 4.93. The van der Waals surface area contributed by atoms with E-state index >= 15 is 0 Å². The number of nitrogens with zero attached hydrogens (tertiary/aromatic N) is 1. The number of aromatic amines is 1. The van der Waals surface area contributed by atoms with Gasteiger partial charge in [0.05, 0.1) is 25.4 Å². The lowest BCUT2D eigenvalue weighted by Crippen LogP contribution is -2.20. The first kappa shape index (κ1) is 23.6. The molecule has 1 heterocycles. The molecule has 0 radical (unpaired) electrons. The monoisotopic (exact) mass is 484 g/mol. The fourth-order valence-electron chi connectivity index (χ4n) is 3.33. The van der Waals surface area contributed by atoms with Gasteiger partial charge in [-0.15, -0.1) is 0 Å². The number of urea groups is 1. The van der Waals surface area contributed by atoms with Crippen LogP contribution in [-0.2, 0) is 6.61 Å². The van der Waals surface area contributed by atoms with E-state index < -0.39 is 12.6 Å². The molecule has 0 aliphatic heterocycles. The Bertz CT molecular complexity index is 1310. The number of hydrogen-bond acceptors (Lipinski definition) is 6. The van der Waals surface area contributed by atoms with Crippen LogP contribution in [0.3, 0.4) is 0 Å². The molecular weight excluding hydrogens is 462 g/mol. The van der Waals surface area contributed by atoms with Crippen molar-refractivity contribution in [2.75, 3.05) is 24.9 Å². The number of carbonyl (C=O) groups is 1. The number of hydrogen-bond donors (Lipinski definition) is 3. The zero-order valence-electron chi connectivity index (χ0n) is 18.8. The summed E-state index contributed by atoms with van der Waals surface area (Å²) >= 11 is 0. The van der Waals surface area contributed by atoms with Gasteiger partial charge in [-0.3, -0.25) is 10.4 Å². The van der Waals surface area contributed by atoms with Crippen molar-refractivity contribution in [3.63, 3.8) is 0 Å². The minimum atomic E-state index is -3.02. The van der Waals surface area contributed by atoms with E-state index in [0.29, 0.717) is 28.2 Å². The van der Waals surface area contributed by atoms with Crippen molar-refractivity contribution in [2.45, 2.75) is 13.2 Å². The number of carbonyl (C=O) groups excluding carboxylic acids is 1. The molecule has 11 heteroatoms. The van der Waals surface area contributed by atoms with Crippen molar-refractivity contribution < 1.29 is 32.5 Å². The Hall–Kier alpha value is -4.54. The maximum absolute atomic E-state index is 12.6. The Morgan fingerprint density at radius 3 is 2.43 bits per heavy atom. The molecule has 3 N–H and O–H groups in total. The molecule has 0 saturated heterocycles. The average molecular weight is 484 g/mol. The number of H-pyrrole nitrogens is 1. The Labute approximate surface area is 198 Å². The van der Waals surface area contributed by atoms with Crippen molar-refractivity contribution in [1.82, 2.24) is 10.2 Å². The zero-order valence-corrected chi connectivity index (χ0v) is 18.8. The number of amides is 2. The van der Waals surface area contributed by atoms with Crippen LogP contribution >= 0.6 is 0 Å². The molecule has 35 heavy (non-hydrogen) atoms. The van der Waals surface area contributed by atoms with Gasteiger partial charge in [0.25, 0.3) is 0 Å². The number of benzene rings is 3. The molecule has 0 aliphatic rings. The van der Waals surface area contributed by atoms with Crippen LogP contribution in [0, 0.1) is 0 Å². The Morgan fingerprint density at radius 1 is 0.971 bits per heavy atom. The minimum Gasteiger partial charge on any atom is -0.497 e. The highest BCUT2D eigenvalue weighted by atomic mass is 19.3. The molecule has 0 saturated carbocycles. The van der Waals surface area contributed by atoms with E-state index in [4.69, 9.17) is 14.2 Å². The normalized spacial score (nSPS) is 10.8. The third-order valence-electron chi connectivity index (χ3n) is 4.93. The van der Waals surface area contributed by atoms with Gasteiger partial charge in [0.2, 0.25) is 0 Å². The summed E-state index contributed by atoms with van der Waals surface area (Å²) in [6.07, 6.45) is 0. The van der Waals surface area contributed by atoms with E-state index in [1.165, 1.54) is 18.2 Å². The number of aromatic nitrogens is 2. The third kappa shape index (κ3) is 5.88. The van der Waals surface area contributed by atoms with Gasteiger partial charge in [0.15, 0.2) is 5.82 Å². The lowest BCUT2D eigenvalue weighted by Gasteiger charge is -2.12. The number of para-hydroxylation sites is 2. The van der Waals surface area contributed by atoms with Gasteiger partial charge in [-0.1, -0.05) is 12.1 Å². The van der Waals surface area contributed by atoms with Crippen molar-refractivity contribution in [2.24, 2.45) is 0 Å². The molecule has 0 bridgehead atoms. The van der Waals surface area contributed by atoms with Crippen LogP contribution in [0.5, 0.6) is 23.0 Å². The molecule has 182 valence electrons. The van der Waals surface area contributed by atoms with E-state index in [2.05, 4.69) is 25.6 Å². The molecular formula is C24H22F2N4O5. The van der Waals surface area contributed by atoms with Crippen molar-refractivity contribution in [1.29, 1.82) is 0 Å². The van der Waals surface area contributed by atoms with Gasteiger partial charge in [-0.25, -0.2) is 4.79 Å². The quantitative estimate of drug-likeness (QED) is 0.294. The smallest absolute Gasteiger partial charge is 0.387 e. The molecule has 1 aromatic heterocycles. The molecule has 2 amide bonds. The molecule has 0 spiro atoms. The predicted molar refractivity (Wildman–Crippen MR) is 126 cm³/mol. The SMILES string of the molecule is COc1cc(COc2ccc3c(NC(=O)Nc4ccccc4OC(F)F)n[nH]c3c2)cc(OC)c1. The van der Waals surface area contributed by atoms with E-state index in [9.17, 15) is 13.6 Å². The Morgan fingerprint density at radius 2 is 1.71 bits per heavy atom. The lowest BCUT2D eigenvalue weighted by atomic mass is 10.2. The van der Waals surface area contributed by atoms with Crippen LogP contribution in [0.4, 0.5) is 25.1 Å². The predicted octanol–water partition coefficient (Wildman–Crippen LogP) is 5.40. The Kier molecular flexibility index (Phi) is 7.15. The van der Waals surface area contributed by atoms with Gasteiger partial charge in [-0.05, 0) is 42.0 Å². The number of alkyl halides is 2. The van der Waals surface area contributed by atoms with E-state index in [0.717, 1.165) is 5.56 Å². The van der Waals surface area contributed by atoms with Crippen LogP contribution in [0.1, 0.15) is 5.56 Å². The van der Waals surface area contributed by atoms with E-state index in [1.807, 2.05) is 12.1 Å². The molecule has 4 rings (SSSR count). The van der Waals surface area contributed by atoms with Crippen molar-refractivity contribution >= 4 is 28.4 Å². The largest absolute Gasteiger partial charge is 0.497 e. The lowest BCUT2D eigenvalue weighted by molar-refractivity contribution is -0.0493. The number of nitrogens with one attached hydrogen (secondary N) is 3. The van der Waals surface area contributed by atoms with Crippen molar-refractivity contribution in [3.8, 4) is 23.0 Å². The molecule has 0 aliphatic carbocycles. The number of anilines is 2. The van der Waals surface area contributed by atoms with Gasteiger partial charge >= 0.3 is 12.6 Å². The summed E-state index contributed by atoms with van der Waals surface area (Å²) < 4.78 is 46.0. The summed E-state index contributed by atoms with van der Waals surface area (Å²) in [5, 5.41) is 12.7.